The van der Waals surface area contributed by atoms with E-state index in [1.54, 1.807) is 0 Å². The largest absolute Gasteiger partial charge is 0.490 e. The van der Waals surface area contributed by atoms with Crippen molar-refractivity contribution in [1.29, 1.82) is 0 Å². The molecule has 1 aliphatic heterocycles. The van der Waals surface area contributed by atoms with Crippen LogP contribution in [0, 0.1) is 0 Å². The zero-order valence-corrected chi connectivity index (χ0v) is 8.90. The van der Waals surface area contributed by atoms with Gasteiger partial charge >= 0.3 is 0 Å². The molecule has 0 fully saturated rings. The normalized spacial score (nSPS) is 16.9. The molecule has 0 saturated heterocycles. The fourth-order valence-corrected chi connectivity index (χ4v) is 1.62. The van der Waals surface area contributed by atoms with Crippen LogP contribution < -0.4 is 9.47 Å². The molecule has 0 aromatic heterocycles. The molecule has 1 aliphatic rings. The summed E-state index contributed by atoms with van der Waals surface area (Å²) < 4.78 is 11.1. The Morgan fingerprint density at radius 3 is 2.73 bits per heavy atom. The summed E-state index contributed by atoms with van der Waals surface area (Å²) >= 11 is 0. The third-order valence-electron chi connectivity index (χ3n) is 2.54. The average molecular weight is 208 g/mol. The molecule has 2 rings (SSSR count). The van der Waals surface area contributed by atoms with E-state index >= 15 is 0 Å². The van der Waals surface area contributed by atoms with Gasteiger partial charge in [0.25, 0.3) is 0 Å². The molecule has 82 valence electrons. The van der Waals surface area contributed by atoms with Crippen molar-refractivity contribution in [2.45, 2.75) is 25.9 Å². The van der Waals surface area contributed by atoms with Crippen LogP contribution in [-0.2, 0) is 0 Å². The number of fused-ring (bicyclic) bond motifs is 1. The highest BCUT2D eigenvalue weighted by Gasteiger charge is 2.13. The van der Waals surface area contributed by atoms with E-state index in [2.05, 4.69) is 0 Å². The van der Waals surface area contributed by atoms with Gasteiger partial charge < -0.3 is 14.6 Å². The van der Waals surface area contributed by atoms with E-state index in [1.807, 2.05) is 25.1 Å². The minimum absolute atomic E-state index is 0.415. The molecule has 0 radical (unpaired) electrons. The molecule has 1 N–H and O–H groups in total. The van der Waals surface area contributed by atoms with Crippen molar-refractivity contribution in [3.63, 3.8) is 0 Å². The second-order valence-corrected chi connectivity index (χ2v) is 3.68. The average Bonchev–Trinajstić information content (AvgIpc) is 2.51. The van der Waals surface area contributed by atoms with E-state index in [-0.39, 0.29) is 0 Å². The predicted octanol–water partition coefficient (Wildman–Crippen LogP) is 2.29. The van der Waals surface area contributed by atoms with Gasteiger partial charge in [0, 0.05) is 6.42 Å². The summed E-state index contributed by atoms with van der Waals surface area (Å²) in [5.41, 5.74) is 0.891. The maximum atomic E-state index is 9.70. The Hall–Kier alpha value is -1.22. The van der Waals surface area contributed by atoms with Gasteiger partial charge in [-0.1, -0.05) is 13.0 Å². The zero-order valence-electron chi connectivity index (χ0n) is 8.90. The van der Waals surface area contributed by atoms with Crippen molar-refractivity contribution in [2.75, 3.05) is 13.2 Å². The smallest absolute Gasteiger partial charge is 0.161 e. The van der Waals surface area contributed by atoms with Crippen LogP contribution in [0.25, 0.3) is 0 Å². The van der Waals surface area contributed by atoms with Crippen LogP contribution in [0.1, 0.15) is 31.4 Å². The Kier molecular flexibility index (Phi) is 3.11. The topological polar surface area (TPSA) is 38.7 Å². The molecular weight excluding hydrogens is 192 g/mol. The van der Waals surface area contributed by atoms with Crippen molar-refractivity contribution in [2.24, 2.45) is 0 Å². The van der Waals surface area contributed by atoms with Gasteiger partial charge in [0.2, 0.25) is 0 Å². The minimum Gasteiger partial charge on any atom is -0.490 e. The number of ether oxygens (including phenoxy) is 2. The monoisotopic (exact) mass is 208 g/mol. The lowest BCUT2D eigenvalue weighted by Gasteiger charge is -2.12. The highest BCUT2D eigenvalue weighted by Crippen LogP contribution is 2.32. The number of hydrogen-bond acceptors (Lipinski definition) is 3. The van der Waals surface area contributed by atoms with Crippen LogP contribution in [0.2, 0.25) is 0 Å². The molecule has 0 unspecified atom stereocenters. The molecule has 1 heterocycles. The predicted molar refractivity (Wildman–Crippen MR) is 57.3 cm³/mol. The number of aliphatic hydroxyl groups is 1. The van der Waals surface area contributed by atoms with E-state index in [4.69, 9.17) is 9.47 Å². The van der Waals surface area contributed by atoms with Crippen molar-refractivity contribution in [3.8, 4) is 11.5 Å². The first-order valence-corrected chi connectivity index (χ1v) is 5.39. The Labute approximate surface area is 89.6 Å². The van der Waals surface area contributed by atoms with E-state index in [1.165, 1.54) is 0 Å². The standard InChI is InChI=1S/C12H16O3/c1-2-10(13)9-4-5-11-12(8-9)15-7-3-6-14-11/h4-5,8,10,13H,2-3,6-7H2,1H3/t10-/m0/s1. The molecule has 3 nitrogen and oxygen atoms in total. The number of aliphatic hydroxyl groups excluding tert-OH is 1. The summed E-state index contributed by atoms with van der Waals surface area (Å²) in [5, 5.41) is 9.70. The SMILES string of the molecule is CC[C@H](O)c1ccc2c(c1)OCCCO2. The van der Waals surface area contributed by atoms with E-state index in [0.717, 1.165) is 23.5 Å². The number of benzene rings is 1. The van der Waals surface area contributed by atoms with Crippen LogP contribution >= 0.6 is 0 Å². The Bertz CT molecular complexity index is 336. The summed E-state index contributed by atoms with van der Waals surface area (Å²) in [6.45, 7) is 3.33. The second-order valence-electron chi connectivity index (χ2n) is 3.68. The summed E-state index contributed by atoms with van der Waals surface area (Å²) in [5.74, 6) is 1.53. The summed E-state index contributed by atoms with van der Waals surface area (Å²) in [6.07, 6.45) is 1.20. The van der Waals surface area contributed by atoms with Crippen LogP contribution in [0.15, 0.2) is 18.2 Å². The molecule has 0 aliphatic carbocycles. The lowest BCUT2D eigenvalue weighted by molar-refractivity contribution is 0.173. The third kappa shape index (κ3) is 2.23. The molecule has 0 saturated carbocycles. The number of rotatable bonds is 2. The van der Waals surface area contributed by atoms with E-state index < -0.39 is 6.10 Å². The van der Waals surface area contributed by atoms with Crippen LogP contribution in [0.4, 0.5) is 0 Å². The Morgan fingerprint density at radius 2 is 2.00 bits per heavy atom. The summed E-state index contributed by atoms with van der Waals surface area (Å²) in [7, 11) is 0. The van der Waals surface area contributed by atoms with Crippen LogP contribution in [0.5, 0.6) is 11.5 Å². The lowest BCUT2D eigenvalue weighted by Crippen LogP contribution is -1.98. The fraction of sp³-hybridized carbons (Fsp3) is 0.500. The molecule has 0 spiro atoms. The van der Waals surface area contributed by atoms with E-state index in [0.29, 0.717) is 19.6 Å². The minimum atomic E-state index is -0.415. The maximum absolute atomic E-state index is 9.70. The van der Waals surface area contributed by atoms with Gasteiger partial charge in [-0.3, -0.25) is 0 Å². The third-order valence-corrected chi connectivity index (χ3v) is 2.54. The Morgan fingerprint density at radius 1 is 1.27 bits per heavy atom. The molecular formula is C12H16O3. The second kappa shape index (κ2) is 4.53. The summed E-state index contributed by atoms with van der Waals surface area (Å²) in [6, 6.07) is 5.63. The van der Waals surface area contributed by atoms with Gasteiger partial charge in [-0.25, -0.2) is 0 Å². The summed E-state index contributed by atoms with van der Waals surface area (Å²) in [4.78, 5) is 0. The van der Waals surface area contributed by atoms with Crippen molar-refractivity contribution < 1.29 is 14.6 Å². The van der Waals surface area contributed by atoms with Gasteiger partial charge in [-0.2, -0.15) is 0 Å². The van der Waals surface area contributed by atoms with Gasteiger partial charge in [0.15, 0.2) is 11.5 Å². The Balaban J connectivity index is 2.27. The highest BCUT2D eigenvalue weighted by molar-refractivity contribution is 5.43. The number of hydrogen-bond donors (Lipinski definition) is 1. The molecule has 1 aromatic rings. The first-order valence-electron chi connectivity index (χ1n) is 5.39. The first kappa shape index (κ1) is 10.3. The maximum Gasteiger partial charge on any atom is 0.161 e. The molecule has 0 amide bonds. The molecule has 1 atom stereocenters. The zero-order chi connectivity index (χ0) is 10.7. The lowest BCUT2D eigenvalue weighted by atomic mass is 10.1. The van der Waals surface area contributed by atoms with Gasteiger partial charge in [0.05, 0.1) is 19.3 Å². The van der Waals surface area contributed by atoms with Crippen molar-refractivity contribution in [3.05, 3.63) is 23.8 Å². The molecule has 0 bridgehead atoms. The van der Waals surface area contributed by atoms with Gasteiger partial charge in [-0.15, -0.1) is 0 Å². The highest BCUT2D eigenvalue weighted by atomic mass is 16.5. The van der Waals surface area contributed by atoms with Crippen molar-refractivity contribution in [1.82, 2.24) is 0 Å². The molecule has 1 aromatic carbocycles. The first-order chi connectivity index (χ1) is 7.31. The molecule has 3 heteroatoms. The fourth-order valence-electron chi connectivity index (χ4n) is 1.62. The van der Waals surface area contributed by atoms with Crippen molar-refractivity contribution >= 4 is 0 Å². The van der Waals surface area contributed by atoms with Crippen LogP contribution in [0.3, 0.4) is 0 Å². The van der Waals surface area contributed by atoms with Gasteiger partial charge in [-0.05, 0) is 24.1 Å². The van der Waals surface area contributed by atoms with Gasteiger partial charge in [0.1, 0.15) is 0 Å². The quantitative estimate of drug-likeness (QED) is 0.810. The van der Waals surface area contributed by atoms with Crippen LogP contribution in [-0.4, -0.2) is 18.3 Å². The van der Waals surface area contributed by atoms with E-state index in [9.17, 15) is 5.11 Å². The molecule has 15 heavy (non-hydrogen) atoms.